The second-order valence-electron chi connectivity index (χ2n) is 3.58. The Hall–Kier alpha value is -1.32. The zero-order valence-electron chi connectivity index (χ0n) is 8.83. The maximum Gasteiger partial charge on any atom is 0.231 e. The van der Waals surface area contributed by atoms with E-state index in [1.54, 1.807) is 6.07 Å². The summed E-state index contributed by atoms with van der Waals surface area (Å²) in [4.78, 5) is 11.3. The van der Waals surface area contributed by atoms with Crippen LogP contribution in [0.25, 0.3) is 0 Å². The minimum atomic E-state index is -0.0517. The van der Waals surface area contributed by atoms with Gasteiger partial charge in [0.15, 0.2) is 0 Å². The molecule has 1 aromatic heterocycles. The van der Waals surface area contributed by atoms with Gasteiger partial charge in [0.25, 0.3) is 0 Å². The maximum atomic E-state index is 11.3. The highest BCUT2D eigenvalue weighted by Gasteiger charge is 2.10. The highest BCUT2D eigenvalue weighted by molar-refractivity contribution is 5.90. The van der Waals surface area contributed by atoms with E-state index in [0.29, 0.717) is 5.88 Å². The van der Waals surface area contributed by atoms with Crippen LogP contribution in [0.5, 0.6) is 0 Å². The monoisotopic (exact) mass is 196 g/mol. The first-order chi connectivity index (χ1) is 6.63. The molecular formula is C10H16N2O2. The van der Waals surface area contributed by atoms with Gasteiger partial charge in [0.2, 0.25) is 11.8 Å². The van der Waals surface area contributed by atoms with Crippen molar-refractivity contribution in [3.05, 3.63) is 11.8 Å². The lowest BCUT2D eigenvalue weighted by atomic mass is 10.2. The van der Waals surface area contributed by atoms with Crippen LogP contribution in [-0.2, 0) is 11.2 Å². The molecule has 1 N–H and O–H groups in total. The lowest BCUT2D eigenvalue weighted by Gasteiger charge is -2.02. The molecule has 4 heteroatoms. The summed E-state index contributed by atoms with van der Waals surface area (Å²) in [6, 6.07) is 1.77. The van der Waals surface area contributed by atoms with Crippen molar-refractivity contribution < 1.29 is 9.32 Å². The van der Waals surface area contributed by atoms with Crippen molar-refractivity contribution in [3.63, 3.8) is 0 Å². The first-order valence-electron chi connectivity index (χ1n) is 4.90. The largest absolute Gasteiger partial charge is 0.338 e. The average Bonchev–Trinajstić information content (AvgIpc) is 2.53. The van der Waals surface area contributed by atoms with E-state index < -0.39 is 0 Å². The minimum absolute atomic E-state index is 0.0466. The fourth-order valence-electron chi connectivity index (χ4n) is 1.01. The number of nitrogens with zero attached hydrogens (tertiary/aromatic N) is 1. The molecule has 1 rings (SSSR count). The van der Waals surface area contributed by atoms with Crippen molar-refractivity contribution in [1.82, 2.24) is 5.16 Å². The lowest BCUT2D eigenvalue weighted by Crippen LogP contribution is -2.17. The van der Waals surface area contributed by atoms with Crippen molar-refractivity contribution in [3.8, 4) is 0 Å². The fraction of sp³-hybridized carbons (Fsp3) is 0.600. The Morgan fingerprint density at radius 1 is 1.64 bits per heavy atom. The molecule has 0 radical (unpaired) electrons. The zero-order valence-corrected chi connectivity index (χ0v) is 8.83. The number of hydrogen-bond acceptors (Lipinski definition) is 3. The number of nitrogens with one attached hydrogen (secondary N) is 1. The van der Waals surface area contributed by atoms with E-state index in [4.69, 9.17) is 4.52 Å². The predicted octanol–water partition coefficient (Wildman–Crippen LogP) is 2.22. The third-order valence-corrected chi connectivity index (χ3v) is 1.84. The molecule has 1 heterocycles. The maximum absolute atomic E-state index is 11.3. The molecule has 0 aliphatic heterocycles. The summed E-state index contributed by atoms with van der Waals surface area (Å²) < 4.78 is 4.96. The Bertz CT molecular complexity index is 305. The molecule has 0 saturated carbocycles. The second-order valence-corrected chi connectivity index (χ2v) is 3.58. The van der Waals surface area contributed by atoms with E-state index in [1.807, 2.05) is 13.8 Å². The molecule has 1 amide bonds. The van der Waals surface area contributed by atoms with Gasteiger partial charge >= 0.3 is 0 Å². The summed E-state index contributed by atoms with van der Waals surface area (Å²) in [7, 11) is 0. The number of amides is 1. The van der Waals surface area contributed by atoms with Gasteiger partial charge in [0, 0.05) is 12.0 Å². The van der Waals surface area contributed by atoms with Gasteiger partial charge in [-0.3, -0.25) is 10.1 Å². The summed E-state index contributed by atoms with van der Waals surface area (Å²) in [5.74, 6) is 0.339. The van der Waals surface area contributed by atoms with Crippen LogP contribution >= 0.6 is 0 Å². The number of anilines is 1. The van der Waals surface area contributed by atoms with Crippen LogP contribution in [0.2, 0.25) is 0 Å². The molecule has 0 bridgehead atoms. The SMILES string of the molecule is CCCc1cc(NC(=O)C(C)C)on1. The van der Waals surface area contributed by atoms with Crippen molar-refractivity contribution in [2.24, 2.45) is 5.92 Å². The standard InChI is InChI=1S/C10H16N2O2/c1-4-5-8-6-9(14-12-8)11-10(13)7(2)3/h6-7H,4-5H2,1-3H3,(H,11,13). The van der Waals surface area contributed by atoms with Crippen LogP contribution in [0.3, 0.4) is 0 Å². The van der Waals surface area contributed by atoms with E-state index >= 15 is 0 Å². The molecule has 0 saturated heterocycles. The van der Waals surface area contributed by atoms with Crippen molar-refractivity contribution >= 4 is 11.8 Å². The molecule has 0 spiro atoms. The molecule has 0 fully saturated rings. The Labute approximate surface area is 83.7 Å². The third-order valence-electron chi connectivity index (χ3n) is 1.84. The summed E-state index contributed by atoms with van der Waals surface area (Å²) in [6.07, 6.45) is 1.89. The molecular weight excluding hydrogens is 180 g/mol. The number of carbonyl (C=O) groups excluding carboxylic acids is 1. The number of hydrogen-bond donors (Lipinski definition) is 1. The molecule has 0 aliphatic carbocycles. The van der Waals surface area contributed by atoms with Crippen LogP contribution < -0.4 is 5.32 Å². The third kappa shape index (κ3) is 2.87. The first-order valence-corrected chi connectivity index (χ1v) is 4.90. The average molecular weight is 196 g/mol. The van der Waals surface area contributed by atoms with Gasteiger partial charge in [-0.15, -0.1) is 0 Å². The fourth-order valence-corrected chi connectivity index (χ4v) is 1.01. The Morgan fingerprint density at radius 2 is 2.36 bits per heavy atom. The Balaban J connectivity index is 2.55. The number of carbonyl (C=O) groups is 1. The van der Waals surface area contributed by atoms with Gasteiger partial charge < -0.3 is 4.52 Å². The predicted molar refractivity (Wildman–Crippen MR) is 54.0 cm³/mol. The van der Waals surface area contributed by atoms with E-state index in [9.17, 15) is 4.79 Å². The summed E-state index contributed by atoms with van der Waals surface area (Å²) >= 11 is 0. The van der Waals surface area contributed by atoms with Crippen molar-refractivity contribution in [2.75, 3.05) is 5.32 Å². The van der Waals surface area contributed by atoms with Crippen LogP contribution in [0.1, 0.15) is 32.9 Å². The van der Waals surface area contributed by atoms with Gasteiger partial charge in [-0.2, -0.15) is 0 Å². The Morgan fingerprint density at radius 3 is 2.93 bits per heavy atom. The minimum Gasteiger partial charge on any atom is -0.338 e. The molecule has 0 aromatic carbocycles. The van der Waals surface area contributed by atoms with E-state index in [2.05, 4.69) is 17.4 Å². The molecule has 0 unspecified atom stereocenters. The quantitative estimate of drug-likeness (QED) is 0.803. The van der Waals surface area contributed by atoms with Gasteiger partial charge in [-0.1, -0.05) is 32.3 Å². The normalized spacial score (nSPS) is 10.6. The lowest BCUT2D eigenvalue weighted by molar-refractivity contribution is -0.119. The summed E-state index contributed by atoms with van der Waals surface area (Å²) in [5, 5.41) is 6.48. The summed E-state index contributed by atoms with van der Waals surface area (Å²) in [5.41, 5.74) is 0.881. The number of aryl methyl sites for hydroxylation is 1. The van der Waals surface area contributed by atoms with Gasteiger partial charge in [0.05, 0.1) is 5.69 Å². The molecule has 4 nitrogen and oxygen atoms in total. The smallest absolute Gasteiger partial charge is 0.231 e. The van der Waals surface area contributed by atoms with Crippen LogP contribution in [0.15, 0.2) is 10.6 Å². The van der Waals surface area contributed by atoms with Gasteiger partial charge in [-0.05, 0) is 6.42 Å². The Kier molecular flexibility index (Phi) is 3.68. The summed E-state index contributed by atoms with van der Waals surface area (Å²) in [6.45, 7) is 5.73. The van der Waals surface area contributed by atoms with E-state index in [0.717, 1.165) is 18.5 Å². The number of aromatic nitrogens is 1. The van der Waals surface area contributed by atoms with Crippen molar-refractivity contribution in [2.45, 2.75) is 33.6 Å². The topological polar surface area (TPSA) is 55.1 Å². The van der Waals surface area contributed by atoms with Gasteiger partial charge in [0.1, 0.15) is 0 Å². The first kappa shape index (κ1) is 10.8. The highest BCUT2D eigenvalue weighted by atomic mass is 16.5. The molecule has 78 valence electrons. The van der Waals surface area contributed by atoms with E-state index in [1.165, 1.54) is 0 Å². The molecule has 14 heavy (non-hydrogen) atoms. The van der Waals surface area contributed by atoms with Crippen LogP contribution in [0.4, 0.5) is 5.88 Å². The van der Waals surface area contributed by atoms with Crippen molar-refractivity contribution in [1.29, 1.82) is 0 Å². The highest BCUT2D eigenvalue weighted by Crippen LogP contribution is 2.12. The van der Waals surface area contributed by atoms with Crippen LogP contribution in [0, 0.1) is 5.92 Å². The van der Waals surface area contributed by atoms with Crippen LogP contribution in [-0.4, -0.2) is 11.1 Å². The zero-order chi connectivity index (χ0) is 10.6. The molecule has 0 atom stereocenters. The molecule has 1 aromatic rings. The van der Waals surface area contributed by atoms with E-state index in [-0.39, 0.29) is 11.8 Å². The second kappa shape index (κ2) is 4.79. The number of rotatable bonds is 4. The molecule has 0 aliphatic rings. The van der Waals surface area contributed by atoms with Gasteiger partial charge in [-0.25, -0.2) is 0 Å².